The smallest absolute Gasteiger partial charge is 0.410 e. The number of hydrogen-bond donors (Lipinski definition) is 1. The number of nitrogens with one attached hydrogen (secondary N) is 1. The highest BCUT2D eigenvalue weighted by Gasteiger charge is 2.31. The first kappa shape index (κ1) is 20.9. The molecule has 1 N–H and O–H groups in total. The minimum atomic E-state index is -0.589. The fourth-order valence-corrected chi connectivity index (χ4v) is 4.08. The highest BCUT2D eigenvalue weighted by atomic mass is 32.2. The molecule has 2 aromatic rings. The number of hydrogen-bond acceptors (Lipinski definition) is 6. The number of likely N-dealkylation sites (N-methyl/N-ethyl adjacent to an activating group) is 1. The van der Waals surface area contributed by atoms with Crippen LogP contribution in [0.15, 0.2) is 47.4 Å². The van der Waals surface area contributed by atoms with E-state index in [9.17, 15) is 18.8 Å². The van der Waals surface area contributed by atoms with Crippen molar-refractivity contribution >= 4 is 35.1 Å². The van der Waals surface area contributed by atoms with Gasteiger partial charge in [-0.15, -0.1) is 0 Å². The highest BCUT2D eigenvalue weighted by molar-refractivity contribution is 8.18. The minimum Gasteiger partial charge on any atom is -0.454 e. The topological polar surface area (TPSA) is 84.9 Å². The Morgan fingerprint density at radius 3 is 2.65 bits per heavy atom. The van der Waals surface area contributed by atoms with E-state index in [4.69, 9.17) is 9.47 Å². The Hall–Kier alpha value is -3.33. The summed E-state index contributed by atoms with van der Waals surface area (Å²) in [7, 11) is 0. The van der Waals surface area contributed by atoms with Crippen LogP contribution < -0.4 is 10.1 Å². The maximum atomic E-state index is 14.5. The van der Waals surface area contributed by atoms with Gasteiger partial charge in [-0.3, -0.25) is 14.9 Å². The van der Waals surface area contributed by atoms with Crippen LogP contribution in [0.5, 0.6) is 11.5 Å². The van der Waals surface area contributed by atoms with Crippen LogP contribution in [-0.2, 0) is 16.0 Å². The third-order valence-corrected chi connectivity index (χ3v) is 5.74. The lowest BCUT2D eigenvalue weighted by Gasteiger charge is -2.19. The summed E-state index contributed by atoms with van der Waals surface area (Å²) >= 11 is 0.774. The Balaban J connectivity index is 1.41. The highest BCUT2D eigenvalue weighted by Crippen LogP contribution is 2.29. The van der Waals surface area contributed by atoms with E-state index in [1.807, 2.05) is 19.1 Å². The molecule has 2 saturated heterocycles. The molecule has 0 aliphatic carbocycles. The molecule has 2 heterocycles. The number of halogens is 1. The van der Waals surface area contributed by atoms with Crippen LogP contribution in [0.4, 0.5) is 14.0 Å². The van der Waals surface area contributed by atoms with Gasteiger partial charge < -0.3 is 14.4 Å². The summed E-state index contributed by atoms with van der Waals surface area (Å²) < 4.78 is 25.2. The van der Waals surface area contributed by atoms with Crippen molar-refractivity contribution in [2.45, 2.75) is 19.4 Å². The molecule has 1 unspecified atom stereocenters. The maximum absolute atomic E-state index is 14.5. The average Bonchev–Trinajstić information content (AvgIpc) is 3.25. The monoisotopic (exact) mass is 442 g/mol. The molecule has 0 bridgehead atoms. The van der Waals surface area contributed by atoms with Crippen LogP contribution in [-0.4, -0.2) is 41.3 Å². The lowest BCUT2D eigenvalue weighted by Crippen LogP contribution is -2.34. The van der Waals surface area contributed by atoms with Crippen molar-refractivity contribution in [1.82, 2.24) is 10.2 Å². The van der Waals surface area contributed by atoms with E-state index in [0.29, 0.717) is 30.9 Å². The quantitative estimate of drug-likeness (QED) is 0.671. The summed E-state index contributed by atoms with van der Waals surface area (Å²) in [5.41, 5.74) is 1.46. The van der Waals surface area contributed by atoms with Gasteiger partial charge in [0, 0.05) is 6.54 Å². The molecule has 2 aliphatic rings. The molecular weight excluding hydrogens is 423 g/mol. The van der Waals surface area contributed by atoms with Gasteiger partial charge >= 0.3 is 6.09 Å². The van der Waals surface area contributed by atoms with Gasteiger partial charge in [0.2, 0.25) is 0 Å². The van der Waals surface area contributed by atoms with Crippen LogP contribution in [0.2, 0.25) is 0 Å². The molecule has 2 aromatic carbocycles. The third-order valence-electron chi connectivity index (χ3n) is 4.93. The van der Waals surface area contributed by atoms with E-state index in [0.717, 1.165) is 17.3 Å². The Labute approximate surface area is 182 Å². The van der Waals surface area contributed by atoms with Gasteiger partial charge in [-0.2, -0.15) is 0 Å². The molecule has 4 rings (SSSR count). The number of benzene rings is 2. The summed E-state index contributed by atoms with van der Waals surface area (Å²) in [5, 5.41) is 1.70. The van der Waals surface area contributed by atoms with Crippen LogP contribution in [0, 0.1) is 5.82 Å². The van der Waals surface area contributed by atoms with Gasteiger partial charge in [-0.25, -0.2) is 9.18 Å². The van der Waals surface area contributed by atoms with E-state index in [2.05, 4.69) is 5.32 Å². The number of nitrogens with zero attached hydrogens (tertiary/aromatic N) is 1. The van der Waals surface area contributed by atoms with Crippen molar-refractivity contribution in [2.75, 3.05) is 13.2 Å². The number of ether oxygens (including phenoxy) is 2. The normalized spacial score (nSPS) is 19.7. The first-order valence-electron chi connectivity index (χ1n) is 9.67. The van der Waals surface area contributed by atoms with Gasteiger partial charge in [0.15, 0.2) is 11.6 Å². The van der Waals surface area contributed by atoms with Crippen molar-refractivity contribution in [1.29, 1.82) is 0 Å². The van der Waals surface area contributed by atoms with Crippen molar-refractivity contribution in [3.05, 3.63) is 64.3 Å². The van der Waals surface area contributed by atoms with E-state index < -0.39 is 17.0 Å². The lowest BCUT2D eigenvalue weighted by molar-refractivity contribution is -0.115. The standard InChI is InChI=1S/C22H19FN2O5S/c1-2-25-15(12-29-22(25)28)9-13-3-6-16(7-4-13)30-18-8-5-14(10-17(18)23)11-19-20(26)24-21(27)31-19/h3-8,10-11,15H,2,9,12H2,1H3,(H,24,26,27). The second-order valence-electron chi connectivity index (χ2n) is 7.01. The third kappa shape index (κ3) is 4.72. The molecule has 31 heavy (non-hydrogen) atoms. The summed E-state index contributed by atoms with van der Waals surface area (Å²) in [4.78, 5) is 36.4. The molecule has 1 atom stereocenters. The number of thioether (sulfide) groups is 1. The van der Waals surface area contributed by atoms with Crippen LogP contribution in [0.25, 0.3) is 6.08 Å². The second-order valence-corrected chi connectivity index (χ2v) is 8.02. The SMILES string of the molecule is CCN1C(=O)OCC1Cc1ccc(Oc2ccc(C=C3SC(=O)NC3=O)cc2F)cc1. The largest absolute Gasteiger partial charge is 0.454 e. The summed E-state index contributed by atoms with van der Waals surface area (Å²) in [6.45, 7) is 2.87. The van der Waals surface area contributed by atoms with Crippen LogP contribution >= 0.6 is 11.8 Å². The van der Waals surface area contributed by atoms with Crippen molar-refractivity contribution < 1.29 is 28.2 Å². The molecular formula is C22H19FN2O5S. The average molecular weight is 442 g/mol. The fraction of sp³-hybridized carbons (Fsp3) is 0.227. The summed E-state index contributed by atoms with van der Waals surface area (Å²) in [6, 6.07) is 11.5. The van der Waals surface area contributed by atoms with Crippen molar-refractivity contribution in [3.63, 3.8) is 0 Å². The lowest BCUT2D eigenvalue weighted by atomic mass is 10.1. The second kappa shape index (κ2) is 8.81. The van der Waals surface area contributed by atoms with E-state index >= 15 is 0 Å². The number of rotatable bonds is 6. The predicted molar refractivity (Wildman–Crippen MR) is 113 cm³/mol. The molecule has 2 aliphatic heterocycles. The minimum absolute atomic E-state index is 0.00113. The number of cyclic esters (lactones) is 1. The molecule has 2 fully saturated rings. The zero-order valence-corrected chi connectivity index (χ0v) is 17.4. The Bertz CT molecular complexity index is 1070. The molecule has 160 valence electrons. The van der Waals surface area contributed by atoms with Gasteiger partial charge in [-0.05, 0) is 66.6 Å². The Morgan fingerprint density at radius 2 is 2.00 bits per heavy atom. The Kier molecular flexibility index (Phi) is 5.94. The maximum Gasteiger partial charge on any atom is 0.410 e. The predicted octanol–water partition coefficient (Wildman–Crippen LogP) is 4.33. The first-order valence-corrected chi connectivity index (χ1v) is 10.5. The van der Waals surface area contributed by atoms with Gasteiger partial charge in [0.05, 0.1) is 10.9 Å². The zero-order chi connectivity index (χ0) is 22.0. The van der Waals surface area contributed by atoms with Crippen molar-refractivity contribution in [3.8, 4) is 11.5 Å². The van der Waals surface area contributed by atoms with Gasteiger partial charge in [0.1, 0.15) is 12.4 Å². The van der Waals surface area contributed by atoms with Crippen LogP contribution in [0.1, 0.15) is 18.1 Å². The number of carbonyl (C=O) groups excluding carboxylic acids is 3. The molecule has 0 spiro atoms. The molecule has 7 nitrogen and oxygen atoms in total. The number of amides is 3. The molecule has 0 saturated carbocycles. The Morgan fingerprint density at radius 1 is 1.23 bits per heavy atom. The summed E-state index contributed by atoms with van der Waals surface area (Å²) in [6.07, 6.45) is 1.82. The van der Waals surface area contributed by atoms with Crippen molar-refractivity contribution in [2.24, 2.45) is 0 Å². The van der Waals surface area contributed by atoms with E-state index in [1.165, 1.54) is 18.2 Å². The number of imide groups is 1. The van der Waals surface area contributed by atoms with E-state index in [1.54, 1.807) is 23.1 Å². The summed E-state index contributed by atoms with van der Waals surface area (Å²) in [5.74, 6) is -0.572. The fourth-order valence-electron chi connectivity index (χ4n) is 3.40. The van der Waals surface area contributed by atoms with E-state index in [-0.39, 0.29) is 22.8 Å². The molecule has 0 aromatic heterocycles. The van der Waals surface area contributed by atoms with Gasteiger partial charge in [-0.1, -0.05) is 18.2 Å². The van der Waals surface area contributed by atoms with Crippen LogP contribution in [0.3, 0.4) is 0 Å². The molecule has 0 radical (unpaired) electrons. The zero-order valence-electron chi connectivity index (χ0n) is 16.6. The molecule has 9 heteroatoms. The number of carbonyl (C=O) groups is 3. The first-order chi connectivity index (χ1) is 14.9. The molecule has 3 amide bonds. The van der Waals surface area contributed by atoms with Gasteiger partial charge in [0.25, 0.3) is 11.1 Å².